The van der Waals surface area contributed by atoms with Gasteiger partial charge in [-0.25, -0.2) is 4.79 Å². The summed E-state index contributed by atoms with van der Waals surface area (Å²) in [4.78, 5) is 11.4. The number of hydrogen-bond acceptors (Lipinski definition) is 2. The zero-order valence-corrected chi connectivity index (χ0v) is 11.0. The fraction of sp³-hybridized carbons (Fsp3) is 0.500. The van der Waals surface area contributed by atoms with Crippen molar-refractivity contribution >= 4 is 11.8 Å². The molecule has 3 heteroatoms. The number of ether oxygens (including phenoxy) is 1. The third kappa shape index (κ3) is 2.14. The highest BCUT2D eigenvalue weighted by molar-refractivity contribution is 5.88. The van der Waals surface area contributed by atoms with Gasteiger partial charge < -0.3 is 4.74 Å². The van der Waals surface area contributed by atoms with Crippen LogP contribution in [0.4, 0.5) is 10.5 Å². The molecular formula is C14H19NO2. The van der Waals surface area contributed by atoms with Gasteiger partial charge in [0.2, 0.25) is 0 Å². The van der Waals surface area contributed by atoms with Gasteiger partial charge in [0.05, 0.1) is 5.69 Å². The number of nitrogens with one attached hydrogen (secondary N) is 1. The van der Waals surface area contributed by atoms with Crippen LogP contribution in [0.25, 0.3) is 0 Å². The van der Waals surface area contributed by atoms with Gasteiger partial charge in [-0.2, -0.15) is 0 Å². The Morgan fingerprint density at radius 2 is 1.88 bits per heavy atom. The summed E-state index contributed by atoms with van der Waals surface area (Å²) in [5, 5.41) is 2.73. The van der Waals surface area contributed by atoms with E-state index in [4.69, 9.17) is 4.74 Å². The summed E-state index contributed by atoms with van der Waals surface area (Å²) in [6, 6.07) is 6.13. The highest BCUT2D eigenvalue weighted by Gasteiger charge is 2.34. The van der Waals surface area contributed by atoms with Crippen LogP contribution in [0, 0.1) is 0 Å². The monoisotopic (exact) mass is 233 g/mol. The van der Waals surface area contributed by atoms with Crippen LogP contribution in [-0.2, 0) is 15.8 Å². The molecular weight excluding hydrogens is 214 g/mol. The molecule has 0 saturated heterocycles. The van der Waals surface area contributed by atoms with Gasteiger partial charge in [-0.1, -0.05) is 26.8 Å². The summed E-state index contributed by atoms with van der Waals surface area (Å²) in [5.74, 6) is 0. The van der Waals surface area contributed by atoms with Crippen LogP contribution in [-0.4, -0.2) is 6.09 Å². The molecule has 2 rings (SSSR count). The third-order valence-electron chi connectivity index (χ3n) is 3.12. The Labute approximate surface area is 102 Å². The highest BCUT2D eigenvalue weighted by Crippen LogP contribution is 2.38. The standard InChI is InChI=1S/C14H19NO2/c1-13(2,3)9-6-7-11-10(8-9)14(4,5)17-12(16)15-11/h6-8H,1-5H3,(H,15,16). The Morgan fingerprint density at radius 1 is 1.24 bits per heavy atom. The molecule has 0 bridgehead atoms. The van der Waals surface area contributed by atoms with Crippen molar-refractivity contribution in [3.63, 3.8) is 0 Å². The normalized spacial score (nSPS) is 18.1. The Morgan fingerprint density at radius 3 is 2.47 bits per heavy atom. The summed E-state index contributed by atoms with van der Waals surface area (Å²) in [7, 11) is 0. The Kier molecular flexibility index (Phi) is 2.45. The maximum atomic E-state index is 11.4. The molecule has 0 aliphatic carbocycles. The predicted molar refractivity (Wildman–Crippen MR) is 68.3 cm³/mol. The van der Waals surface area contributed by atoms with E-state index < -0.39 is 5.60 Å². The highest BCUT2D eigenvalue weighted by atomic mass is 16.6. The predicted octanol–water partition coefficient (Wildman–Crippen LogP) is 3.78. The average molecular weight is 233 g/mol. The Bertz CT molecular complexity index is 470. The minimum Gasteiger partial charge on any atom is -0.438 e. The first-order valence-corrected chi connectivity index (χ1v) is 5.85. The molecule has 0 atom stereocenters. The van der Waals surface area contributed by atoms with Gasteiger partial charge in [0.1, 0.15) is 5.60 Å². The quantitative estimate of drug-likeness (QED) is 0.740. The van der Waals surface area contributed by atoms with E-state index in [1.54, 1.807) is 0 Å². The molecule has 1 aliphatic rings. The van der Waals surface area contributed by atoms with Crippen LogP contribution in [0.2, 0.25) is 0 Å². The minimum absolute atomic E-state index is 0.0898. The van der Waals surface area contributed by atoms with Crippen LogP contribution in [0.3, 0.4) is 0 Å². The number of hydrogen-bond donors (Lipinski definition) is 1. The van der Waals surface area contributed by atoms with Crippen molar-refractivity contribution in [2.45, 2.75) is 45.6 Å². The lowest BCUT2D eigenvalue weighted by molar-refractivity contribution is 0.0419. The molecule has 0 unspecified atom stereocenters. The second-order valence-electron chi connectivity index (χ2n) is 6.04. The van der Waals surface area contributed by atoms with Crippen LogP contribution in [0.1, 0.15) is 45.7 Å². The molecule has 0 aromatic heterocycles. The van der Waals surface area contributed by atoms with Crippen molar-refractivity contribution in [3.8, 4) is 0 Å². The average Bonchev–Trinajstić information content (AvgIpc) is 2.13. The first-order chi connectivity index (χ1) is 7.70. The molecule has 0 saturated carbocycles. The molecule has 1 heterocycles. The zero-order valence-electron chi connectivity index (χ0n) is 11.0. The molecule has 1 aliphatic heterocycles. The van der Waals surface area contributed by atoms with Crippen molar-refractivity contribution in [2.75, 3.05) is 5.32 Å². The molecule has 1 amide bonds. The second-order valence-corrected chi connectivity index (χ2v) is 6.04. The number of benzene rings is 1. The molecule has 0 fully saturated rings. The number of carbonyl (C=O) groups excluding carboxylic acids is 1. The van der Waals surface area contributed by atoms with Crippen molar-refractivity contribution in [1.82, 2.24) is 0 Å². The van der Waals surface area contributed by atoms with E-state index >= 15 is 0 Å². The van der Waals surface area contributed by atoms with Crippen molar-refractivity contribution in [1.29, 1.82) is 0 Å². The van der Waals surface area contributed by atoms with Crippen molar-refractivity contribution < 1.29 is 9.53 Å². The SMILES string of the molecule is CC(C)(C)c1ccc2c(c1)C(C)(C)OC(=O)N2. The van der Waals surface area contributed by atoms with E-state index in [9.17, 15) is 4.79 Å². The number of cyclic esters (lactones) is 1. The molecule has 0 radical (unpaired) electrons. The van der Waals surface area contributed by atoms with E-state index in [1.807, 2.05) is 19.9 Å². The van der Waals surface area contributed by atoms with Crippen LogP contribution in [0.5, 0.6) is 0 Å². The van der Waals surface area contributed by atoms with E-state index in [1.165, 1.54) is 5.56 Å². The third-order valence-corrected chi connectivity index (χ3v) is 3.12. The van der Waals surface area contributed by atoms with E-state index in [0.717, 1.165) is 11.3 Å². The van der Waals surface area contributed by atoms with E-state index in [0.29, 0.717) is 0 Å². The second kappa shape index (κ2) is 3.49. The number of anilines is 1. The lowest BCUT2D eigenvalue weighted by atomic mass is 9.83. The van der Waals surface area contributed by atoms with Gasteiger partial charge in [0.15, 0.2) is 0 Å². The first-order valence-electron chi connectivity index (χ1n) is 5.85. The largest absolute Gasteiger partial charge is 0.438 e. The van der Waals surface area contributed by atoms with E-state index in [-0.39, 0.29) is 11.5 Å². The van der Waals surface area contributed by atoms with Crippen LogP contribution < -0.4 is 5.32 Å². The van der Waals surface area contributed by atoms with Crippen molar-refractivity contribution in [2.24, 2.45) is 0 Å². The summed E-state index contributed by atoms with van der Waals surface area (Å²) in [5.41, 5.74) is 2.64. The number of amides is 1. The summed E-state index contributed by atoms with van der Waals surface area (Å²) in [6.45, 7) is 10.3. The number of carbonyl (C=O) groups is 1. The smallest absolute Gasteiger partial charge is 0.412 e. The van der Waals surface area contributed by atoms with Gasteiger partial charge in [-0.3, -0.25) is 5.32 Å². The van der Waals surface area contributed by atoms with Gasteiger partial charge in [-0.15, -0.1) is 0 Å². The lowest BCUT2D eigenvalue weighted by Crippen LogP contribution is -2.35. The van der Waals surface area contributed by atoms with Gasteiger partial charge >= 0.3 is 6.09 Å². The summed E-state index contributed by atoms with van der Waals surface area (Å²) < 4.78 is 5.32. The van der Waals surface area contributed by atoms with Crippen molar-refractivity contribution in [3.05, 3.63) is 29.3 Å². The lowest BCUT2D eigenvalue weighted by Gasteiger charge is -2.34. The maximum Gasteiger partial charge on any atom is 0.412 e. The summed E-state index contributed by atoms with van der Waals surface area (Å²) in [6.07, 6.45) is -0.383. The summed E-state index contributed by atoms with van der Waals surface area (Å²) >= 11 is 0. The Balaban J connectivity index is 2.55. The minimum atomic E-state index is -0.571. The maximum absolute atomic E-state index is 11.4. The molecule has 0 spiro atoms. The Hall–Kier alpha value is -1.51. The van der Waals surface area contributed by atoms with Gasteiger partial charge in [-0.05, 0) is 37.0 Å². The topological polar surface area (TPSA) is 38.3 Å². The molecule has 17 heavy (non-hydrogen) atoms. The fourth-order valence-corrected chi connectivity index (χ4v) is 2.04. The zero-order chi connectivity index (χ0) is 12.8. The van der Waals surface area contributed by atoms with Crippen LogP contribution >= 0.6 is 0 Å². The van der Waals surface area contributed by atoms with E-state index in [2.05, 4.69) is 38.2 Å². The number of fused-ring (bicyclic) bond motifs is 1. The molecule has 1 N–H and O–H groups in total. The molecule has 92 valence electrons. The molecule has 1 aromatic rings. The van der Waals surface area contributed by atoms with Gasteiger partial charge in [0.25, 0.3) is 0 Å². The van der Waals surface area contributed by atoms with Gasteiger partial charge in [0, 0.05) is 5.56 Å². The van der Waals surface area contributed by atoms with Crippen LogP contribution in [0.15, 0.2) is 18.2 Å². The molecule has 3 nitrogen and oxygen atoms in total. The first kappa shape index (κ1) is 12.0. The fourth-order valence-electron chi connectivity index (χ4n) is 2.04. The number of rotatable bonds is 0. The molecule has 1 aromatic carbocycles.